The van der Waals surface area contributed by atoms with Gasteiger partial charge in [-0.05, 0) is 87.8 Å². The van der Waals surface area contributed by atoms with Crippen molar-refractivity contribution in [1.82, 2.24) is 15.2 Å². The molecule has 3 aromatic rings. The van der Waals surface area contributed by atoms with Crippen molar-refractivity contribution in [2.24, 2.45) is 0 Å². The first-order valence-electron chi connectivity index (χ1n) is 10.7. The molecule has 0 atom stereocenters. The predicted octanol–water partition coefficient (Wildman–Crippen LogP) is 4.76. The van der Waals surface area contributed by atoms with Crippen LogP contribution in [0, 0.1) is 5.82 Å². The van der Waals surface area contributed by atoms with Crippen molar-refractivity contribution in [2.45, 2.75) is 45.4 Å². The standard InChI is InChI=1S/C24H27ClFN3O2/c1-15(2)28-24(30)14-29-22-6-4-19(31-18-7-9-27-10-8-18)11-17(22)13-23(29)16-3-5-21(26)20(25)12-16/h3-6,11-13,15,18,27H,7-10,14H2,1-2H3,(H,28,30). The van der Waals surface area contributed by atoms with Gasteiger partial charge in [0.25, 0.3) is 0 Å². The number of fused-ring (bicyclic) bond motifs is 1. The first-order chi connectivity index (χ1) is 14.9. The van der Waals surface area contributed by atoms with E-state index in [-0.39, 0.29) is 29.6 Å². The summed E-state index contributed by atoms with van der Waals surface area (Å²) in [5.41, 5.74) is 2.46. The molecule has 164 valence electrons. The Morgan fingerprint density at radius 2 is 2.00 bits per heavy atom. The highest BCUT2D eigenvalue weighted by Crippen LogP contribution is 2.33. The fraction of sp³-hybridized carbons (Fsp3) is 0.375. The molecule has 1 amide bonds. The van der Waals surface area contributed by atoms with Crippen molar-refractivity contribution in [3.05, 3.63) is 53.3 Å². The number of carbonyl (C=O) groups excluding carboxylic acids is 1. The molecular weight excluding hydrogens is 417 g/mol. The minimum Gasteiger partial charge on any atom is -0.490 e. The van der Waals surface area contributed by atoms with Crippen molar-refractivity contribution >= 4 is 28.4 Å². The Labute approximate surface area is 186 Å². The molecule has 1 aliphatic rings. The lowest BCUT2D eigenvalue weighted by atomic mass is 10.1. The Morgan fingerprint density at radius 1 is 1.23 bits per heavy atom. The Kier molecular flexibility index (Phi) is 6.49. The van der Waals surface area contributed by atoms with Crippen molar-refractivity contribution in [1.29, 1.82) is 0 Å². The van der Waals surface area contributed by atoms with Crippen molar-refractivity contribution in [2.75, 3.05) is 13.1 Å². The summed E-state index contributed by atoms with van der Waals surface area (Å²) in [6.07, 6.45) is 2.16. The average Bonchev–Trinajstić information content (AvgIpc) is 3.07. The highest BCUT2D eigenvalue weighted by atomic mass is 35.5. The van der Waals surface area contributed by atoms with E-state index in [0.717, 1.165) is 53.8 Å². The monoisotopic (exact) mass is 443 g/mol. The van der Waals surface area contributed by atoms with Crippen molar-refractivity contribution in [3.63, 3.8) is 0 Å². The van der Waals surface area contributed by atoms with Gasteiger partial charge < -0.3 is 19.9 Å². The molecule has 5 nitrogen and oxygen atoms in total. The lowest BCUT2D eigenvalue weighted by Gasteiger charge is -2.23. The van der Waals surface area contributed by atoms with Crippen LogP contribution in [0.5, 0.6) is 5.75 Å². The number of nitrogens with one attached hydrogen (secondary N) is 2. The van der Waals surface area contributed by atoms with E-state index < -0.39 is 5.82 Å². The molecule has 2 heterocycles. The smallest absolute Gasteiger partial charge is 0.240 e. The molecule has 1 fully saturated rings. The van der Waals surface area contributed by atoms with Crippen LogP contribution in [0.2, 0.25) is 5.02 Å². The van der Waals surface area contributed by atoms with E-state index in [9.17, 15) is 9.18 Å². The number of ether oxygens (including phenoxy) is 1. The summed E-state index contributed by atoms with van der Waals surface area (Å²) in [6, 6.07) is 12.6. The van der Waals surface area contributed by atoms with Gasteiger partial charge in [-0.2, -0.15) is 0 Å². The number of carbonyl (C=O) groups is 1. The lowest BCUT2D eigenvalue weighted by molar-refractivity contribution is -0.122. The van der Waals surface area contributed by atoms with Gasteiger partial charge in [-0.1, -0.05) is 11.6 Å². The molecule has 2 N–H and O–H groups in total. The number of amides is 1. The van der Waals surface area contributed by atoms with Gasteiger partial charge in [0, 0.05) is 22.6 Å². The number of aromatic nitrogens is 1. The lowest BCUT2D eigenvalue weighted by Crippen LogP contribution is -2.34. The quantitative estimate of drug-likeness (QED) is 0.577. The summed E-state index contributed by atoms with van der Waals surface area (Å²) in [7, 11) is 0. The van der Waals surface area contributed by atoms with E-state index >= 15 is 0 Å². The Hall–Kier alpha value is -2.57. The highest BCUT2D eigenvalue weighted by Gasteiger charge is 2.18. The van der Waals surface area contributed by atoms with Gasteiger partial charge in [0.05, 0.1) is 5.02 Å². The fourth-order valence-corrected chi connectivity index (χ4v) is 4.18. The third-order valence-electron chi connectivity index (χ3n) is 5.43. The van der Waals surface area contributed by atoms with Crippen LogP contribution >= 0.6 is 11.6 Å². The summed E-state index contributed by atoms with van der Waals surface area (Å²) in [4.78, 5) is 12.6. The molecule has 0 saturated carbocycles. The van der Waals surface area contributed by atoms with Crippen LogP contribution in [-0.2, 0) is 11.3 Å². The van der Waals surface area contributed by atoms with Crippen LogP contribution in [0.4, 0.5) is 4.39 Å². The van der Waals surface area contributed by atoms with E-state index in [1.165, 1.54) is 6.07 Å². The maximum Gasteiger partial charge on any atom is 0.240 e. The summed E-state index contributed by atoms with van der Waals surface area (Å²) < 4.78 is 21.8. The highest BCUT2D eigenvalue weighted by molar-refractivity contribution is 6.31. The summed E-state index contributed by atoms with van der Waals surface area (Å²) in [5.74, 6) is 0.257. The normalized spacial score (nSPS) is 14.9. The van der Waals surface area contributed by atoms with Gasteiger partial charge >= 0.3 is 0 Å². The molecule has 7 heteroatoms. The van der Waals surface area contributed by atoms with Gasteiger partial charge in [-0.3, -0.25) is 4.79 Å². The van der Waals surface area contributed by atoms with Gasteiger partial charge in [-0.15, -0.1) is 0 Å². The number of hydrogen-bond acceptors (Lipinski definition) is 3. The molecule has 0 aliphatic carbocycles. The largest absolute Gasteiger partial charge is 0.490 e. The SMILES string of the molecule is CC(C)NC(=O)Cn1c(-c2ccc(F)c(Cl)c2)cc2cc(OC3CCNCC3)ccc21. The van der Waals surface area contributed by atoms with Crippen LogP contribution in [-0.4, -0.2) is 35.7 Å². The van der Waals surface area contributed by atoms with Crippen LogP contribution in [0.3, 0.4) is 0 Å². The molecular formula is C24H27ClFN3O2. The molecule has 0 radical (unpaired) electrons. The van der Waals surface area contributed by atoms with E-state index in [1.54, 1.807) is 12.1 Å². The molecule has 0 spiro atoms. The first-order valence-corrected chi connectivity index (χ1v) is 11.0. The van der Waals surface area contributed by atoms with Gasteiger partial charge in [0.2, 0.25) is 5.91 Å². The van der Waals surface area contributed by atoms with E-state index in [4.69, 9.17) is 16.3 Å². The Bertz CT molecular complexity index is 1090. The number of piperidine rings is 1. The Morgan fingerprint density at radius 3 is 2.71 bits per heavy atom. The first kappa shape index (κ1) is 21.7. The number of benzene rings is 2. The van der Waals surface area contributed by atoms with E-state index in [1.807, 2.05) is 42.7 Å². The van der Waals surface area contributed by atoms with E-state index in [2.05, 4.69) is 10.6 Å². The third-order valence-corrected chi connectivity index (χ3v) is 5.72. The molecule has 1 aromatic heterocycles. The fourth-order valence-electron chi connectivity index (χ4n) is 4.00. The van der Waals surface area contributed by atoms with Crippen LogP contribution in [0.15, 0.2) is 42.5 Å². The third kappa shape index (κ3) is 5.02. The van der Waals surface area contributed by atoms with Gasteiger partial charge in [0.15, 0.2) is 0 Å². The van der Waals surface area contributed by atoms with Gasteiger partial charge in [0.1, 0.15) is 24.2 Å². The second kappa shape index (κ2) is 9.28. The maximum absolute atomic E-state index is 13.7. The van der Waals surface area contributed by atoms with E-state index in [0.29, 0.717) is 0 Å². The minimum atomic E-state index is -0.469. The van der Waals surface area contributed by atoms with Crippen LogP contribution in [0.1, 0.15) is 26.7 Å². The summed E-state index contributed by atoms with van der Waals surface area (Å²) in [5, 5.41) is 7.28. The zero-order valence-corrected chi connectivity index (χ0v) is 18.5. The van der Waals surface area contributed by atoms with Crippen LogP contribution < -0.4 is 15.4 Å². The molecule has 4 rings (SSSR count). The van der Waals surface area contributed by atoms with Crippen molar-refractivity contribution < 1.29 is 13.9 Å². The molecule has 0 bridgehead atoms. The summed E-state index contributed by atoms with van der Waals surface area (Å²) >= 11 is 6.03. The van der Waals surface area contributed by atoms with Gasteiger partial charge in [-0.25, -0.2) is 4.39 Å². The second-order valence-corrected chi connectivity index (χ2v) is 8.66. The molecule has 2 aromatic carbocycles. The van der Waals surface area contributed by atoms with Crippen LogP contribution in [0.25, 0.3) is 22.2 Å². The topological polar surface area (TPSA) is 55.3 Å². The maximum atomic E-state index is 13.7. The van der Waals surface area contributed by atoms with Crippen molar-refractivity contribution in [3.8, 4) is 17.0 Å². The zero-order chi connectivity index (χ0) is 22.0. The number of halogens is 2. The molecule has 1 aliphatic heterocycles. The Balaban J connectivity index is 1.72. The molecule has 1 saturated heterocycles. The predicted molar refractivity (Wildman–Crippen MR) is 122 cm³/mol. The molecule has 31 heavy (non-hydrogen) atoms. The summed E-state index contributed by atoms with van der Waals surface area (Å²) in [6.45, 7) is 5.93. The number of hydrogen-bond donors (Lipinski definition) is 2. The number of rotatable bonds is 6. The minimum absolute atomic E-state index is 0.0445. The second-order valence-electron chi connectivity index (χ2n) is 8.25. The molecule has 0 unspecified atom stereocenters. The zero-order valence-electron chi connectivity index (χ0n) is 17.8. The average molecular weight is 444 g/mol. The number of nitrogens with zero attached hydrogens (tertiary/aromatic N) is 1.